The van der Waals surface area contributed by atoms with Crippen LogP contribution in [0.2, 0.25) is 0 Å². The van der Waals surface area contributed by atoms with Crippen molar-refractivity contribution in [1.29, 1.82) is 0 Å². The Bertz CT molecular complexity index is 6450. The van der Waals surface area contributed by atoms with E-state index in [1.165, 1.54) is 242 Å². The van der Waals surface area contributed by atoms with Gasteiger partial charge in [0, 0.05) is 62.8 Å². The molecule has 8 unspecified atom stereocenters. The average molecular weight is 1550 g/mol. The van der Waals surface area contributed by atoms with E-state index in [1.807, 2.05) is 0 Å². The fourth-order valence-electron chi connectivity index (χ4n) is 27.8. The van der Waals surface area contributed by atoms with Gasteiger partial charge in [-0.2, -0.15) is 0 Å². The van der Waals surface area contributed by atoms with Crippen molar-refractivity contribution < 1.29 is 18.3 Å². The zero-order chi connectivity index (χ0) is 82.2. The highest BCUT2D eigenvalue weighted by Gasteiger charge is 2.63. The summed E-state index contributed by atoms with van der Waals surface area (Å²) >= 11 is 0. The molecule has 8 atom stereocenters. The van der Waals surface area contributed by atoms with Crippen LogP contribution in [0.15, 0.2) is 164 Å². The quantitative estimate of drug-likeness (QED) is 0.156. The Kier molecular flexibility index (Phi) is 16.7. The molecule has 0 aliphatic heterocycles. The molecule has 8 aromatic carbocycles. The first-order valence-electron chi connectivity index (χ1n) is 45.3. The number of hydrogen-bond donors (Lipinski definition) is 0. The van der Waals surface area contributed by atoms with Gasteiger partial charge in [0.25, 0.3) is 0 Å². The summed E-state index contributed by atoms with van der Waals surface area (Å²) in [4.78, 5) is 0. The lowest BCUT2D eigenvalue weighted by molar-refractivity contribution is -0.661. The second-order valence-corrected chi connectivity index (χ2v) is 42.1. The number of aryl methyl sites for hydroxylation is 13. The molecular weight excluding hydrogens is 1430 g/mol. The maximum atomic E-state index is 2.56. The average Bonchev–Trinajstić information content (AvgIpc) is 1.53. The molecule has 0 N–H and O–H groups in total. The van der Waals surface area contributed by atoms with Crippen molar-refractivity contribution in [2.45, 2.75) is 254 Å². The van der Waals surface area contributed by atoms with Gasteiger partial charge in [-0.05, 0) is 342 Å². The summed E-state index contributed by atoms with van der Waals surface area (Å²) in [6.07, 6.45) is 26.2. The molecule has 0 spiro atoms. The number of hydrogen-bond acceptors (Lipinski definition) is 0. The van der Waals surface area contributed by atoms with Crippen LogP contribution >= 0.6 is 0 Å². The van der Waals surface area contributed by atoms with Gasteiger partial charge in [0.15, 0.2) is 24.8 Å². The lowest BCUT2D eigenvalue weighted by atomic mass is 9.69. The summed E-state index contributed by atoms with van der Waals surface area (Å²) in [7, 11) is 9.01. The van der Waals surface area contributed by atoms with Crippen LogP contribution in [-0.4, -0.2) is 0 Å². The second kappa shape index (κ2) is 25.9. The van der Waals surface area contributed by atoms with Crippen LogP contribution in [0.1, 0.15) is 289 Å². The fourth-order valence-corrected chi connectivity index (χ4v) is 27.8. The minimum Gasteiger partial charge on any atom is -0.201 e. The molecule has 0 amide bonds. The molecule has 8 bridgehead atoms. The van der Waals surface area contributed by atoms with Crippen molar-refractivity contribution in [2.75, 3.05) is 0 Å². The lowest BCUT2D eigenvalue weighted by Crippen LogP contribution is -2.36. The molecule has 118 heavy (non-hydrogen) atoms. The molecule has 4 nitrogen and oxygen atoms in total. The zero-order valence-electron chi connectivity index (χ0n) is 75.0. The van der Waals surface area contributed by atoms with Crippen molar-refractivity contribution >= 4 is 0 Å². The third kappa shape index (κ3) is 10.4. The number of aromatic nitrogens is 4. The molecular formula is C114H124N4+4. The summed E-state index contributed by atoms with van der Waals surface area (Å²) in [5.74, 6) is 3.69. The van der Waals surface area contributed by atoms with Crippen LogP contribution in [0.5, 0.6) is 0 Å². The molecule has 0 radical (unpaired) electrons. The summed E-state index contributed by atoms with van der Waals surface area (Å²) in [6, 6.07) is 54.1. The Hall–Kier alpha value is -9.64. The number of nitrogens with zero attached hydrogens (tertiary/aromatic N) is 4. The third-order valence-corrected chi connectivity index (χ3v) is 35.4. The summed E-state index contributed by atoms with van der Waals surface area (Å²) in [5, 5.41) is 0. The normalized spacial score (nSPS) is 23.8. The zero-order valence-corrected chi connectivity index (χ0v) is 75.0. The Morgan fingerprint density at radius 3 is 1.14 bits per heavy atom. The molecule has 24 rings (SSSR count). The van der Waals surface area contributed by atoms with E-state index >= 15 is 0 Å². The van der Waals surface area contributed by atoms with E-state index in [-0.39, 0.29) is 0 Å². The first kappa shape index (κ1) is 75.8. The number of fused-ring (bicyclic) bond motifs is 32. The van der Waals surface area contributed by atoms with E-state index in [2.05, 4.69) is 335 Å². The Morgan fingerprint density at radius 1 is 0.271 bits per heavy atom. The van der Waals surface area contributed by atoms with Crippen molar-refractivity contribution in [3.8, 4) is 89.5 Å². The molecule has 12 aliphatic carbocycles. The molecule has 4 heterocycles. The Balaban J connectivity index is 0.0000000978. The summed E-state index contributed by atoms with van der Waals surface area (Å²) < 4.78 is 9.66. The molecule has 596 valence electrons. The molecule has 0 saturated heterocycles. The lowest BCUT2D eigenvalue weighted by Gasteiger charge is -2.34. The van der Waals surface area contributed by atoms with Gasteiger partial charge in [0.2, 0.25) is 22.8 Å². The van der Waals surface area contributed by atoms with Crippen molar-refractivity contribution in [3.63, 3.8) is 0 Å². The van der Waals surface area contributed by atoms with Gasteiger partial charge in [0.1, 0.15) is 28.2 Å². The fraction of sp³-hybridized carbons (Fsp3) is 0.404. The molecule has 4 saturated carbocycles. The van der Waals surface area contributed by atoms with Crippen molar-refractivity contribution in [1.82, 2.24) is 0 Å². The largest absolute Gasteiger partial charge is 0.213 e. The first-order valence-corrected chi connectivity index (χ1v) is 45.3. The molecule has 4 aromatic heterocycles. The number of pyridine rings is 4. The van der Waals surface area contributed by atoms with E-state index in [0.717, 1.165) is 37.5 Å². The van der Waals surface area contributed by atoms with Crippen molar-refractivity contribution in [3.05, 3.63) is 303 Å². The van der Waals surface area contributed by atoms with Gasteiger partial charge in [-0.3, -0.25) is 0 Å². The first-order chi connectivity index (χ1) is 56.2. The minimum atomic E-state index is 0.309. The smallest absolute Gasteiger partial charge is 0.201 e. The second-order valence-electron chi connectivity index (χ2n) is 42.1. The molecule has 4 heteroatoms. The van der Waals surface area contributed by atoms with E-state index in [4.69, 9.17) is 0 Å². The number of benzene rings is 8. The molecule has 12 aliphatic rings. The van der Waals surface area contributed by atoms with Gasteiger partial charge in [-0.25, -0.2) is 18.3 Å². The van der Waals surface area contributed by atoms with Crippen LogP contribution in [0.4, 0.5) is 0 Å². The monoisotopic (exact) mass is 1550 g/mol. The van der Waals surface area contributed by atoms with E-state index < -0.39 is 0 Å². The topological polar surface area (TPSA) is 15.5 Å². The highest BCUT2D eigenvalue weighted by molar-refractivity contribution is 5.91. The van der Waals surface area contributed by atoms with Crippen LogP contribution < -0.4 is 18.3 Å². The predicted octanol–water partition coefficient (Wildman–Crippen LogP) is 25.7. The Morgan fingerprint density at radius 2 is 0.644 bits per heavy atom. The Labute approximate surface area is 705 Å². The minimum absolute atomic E-state index is 0.309. The standard InChI is InChI=1S/3C29H32N.C27H28N/c1-17-7-9-19-14-22-20(21(19)13-17)10-8-18(2)27(22)26-15-23-24-11-12-29(5,28(24,3)4)25(23)16-30(26)6;1-17-8-7-9-19-20-11-10-18(2)27(22(20)14-21(17)19)26-15-23-24-12-13-29(5,28(24,3)4)25(23)16-30(26)6;1-17-13-18(2)27(22-14-19-9-7-8-10-20(19)26(17)22)25-15-21-23-11-12-29(5,28(23,3)4)24(21)16-30(25)6;1-15-5-6-20-12-23-26(22(20)9-15)16(2)10-17(3)27(23)25-13-21-18-7-8-19(11-18)24(21)14-28(25)4/h7-10,13,15-16,24H,11-12,14H2,1-6H3;7-11,15-16,24H,12-14H2,1-6H3;7-10,13,15-16,23H,11-12,14H2,1-6H3;5-6,9-10,13-14,18-19H,7-8,11-12H2,1-4H3/q4*+1. The van der Waals surface area contributed by atoms with Crippen LogP contribution in [0.25, 0.3) is 89.5 Å². The highest BCUT2D eigenvalue weighted by atomic mass is 15.0. The van der Waals surface area contributed by atoms with Gasteiger partial charge >= 0.3 is 0 Å². The maximum Gasteiger partial charge on any atom is 0.213 e. The number of rotatable bonds is 4. The van der Waals surface area contributed by atoms with Crippen LogP contribution in [0.3, 0.4) is 0 Å². The van der Waals surface area contributed by atoms with E-state index in [9.17, 15) is 0 Å². The third-order valence-electron chi connectivity index (χ3n) is 35.4. The van der Waals surface area contributed by atoms with Gasteiger partial charge in [-0.15, -0.1) is 0 Å². The summed E-state index contributed by atoms with van der Waals surface area (Å²) in [5.41, 5.74) is 62.5. The molecule has 4 fully saturated rings. The maximum absolute atomic E-state index is 2.56. The van der Waals surface area contributed by atoms with Gasteiger partial charge < -0.3 is 0 Å². The molecule has 12 aromatic rings. The summed E-state index contributed by atoms with van der Waals surface area (Å²) in [6.45, 7) is 42.9. The highest BCUT2D eigenvalue weighted by Crippen LogP contribution is 2.71. The van der Waals surface area contributed by atoms with E-state index in [0.29, 0.717) is 50.2 Å². The van der Waals surface area contributed by atoms with E-state index in [1.54, 1.807) is 44.5 Å². The van der Waals surface area contributed by atoms with Gasteiger partial charge in [0.05, 0.1) is 22.3 Å². The van der Waals surface area contributed by atoms with Gasteiger partial charge in [-0.1, -0.05) is 189 Å². The van der Waals surface area contributed by atoms with Crippen LogP contribution in [-0.2, 0) is 70.1 Å². The predicted molar refractivity (Wildman–Crippen MR) is 486 cm³/mol. The van der Waals surface area contributed by atoms with Crippen molar-refractivity contribution in [2.24, 2.45) is 44.4 Å². The SMILES string of the molecule is Cc1cc(C)c(-c2cc3c(c[n+]2C)C2(C)CCC3C2(C)C)c2c1-c1ccccc1C2.Cc1ccc2c(c1)-c1c(C)cc(C)c(-c3cc4c(c[n+]3C)C3CCC4C3)c1C2.Cc1ccc2c(c1)-c1ccc(C)c(-c3cc4c(c[n+]3C)C3(C)CCC4C3(C)C)c1C2.Cc1cccc2c1Cc1c-2ccc(C)c1-c1cc2c(c[n+]1C)C1(C)CCC2C1(C)C. The van der Waals surface area contributed by atoms with Crippen LogP contribution in [0, 0.1) is 78.6 Å².